The molecule has 0 spiro atoms. The first-order valence-electron chi connectivity index (χ1n) is 9.39. The summed E-state index contributed by atoms with van der Waals surface area (Å²) in [5, 5.41) is 0. The van der Waals surface area contributed by atoms with E-state index in [0.717, 1.165) is 11.4 Å². The first-order chi connectivity index (χ1) is 14.1. The summed E-state index contributed by atoms with van der Waals surface area (Å²) in [4.78, 5) is 36.9. The molecule has 0 unspecified atom stereocenters. The van der Waals surface area contributed by atoms with Crippen LogP contribution in [0.25, 0.3) is 11.4 Å². The van der Waals surface area contributed by atoms with Gasteiger partial charge in [-0.15, -0.1) is 0 Å². The van der Waals surface area contributed by atoms with Gasteiger partial charge in [-0.2, -0.15) is 0 Å². The van der Waals surface area contributed by atoms with Crippen LogP contribution < -0.4 is 10.6 Å². The van der Waals surface area contributed by atoms with Crippen LogP contribution in [0, 0.1) is 0 Å². The van der Waals surface area contributed by atoms with Gasteiger partial charge < -0.3 is 20.0 Å². The number of carbonyl (C=O) groups is 2. The monoisotopic (exact) mass is 391 g/mol. The summed E-state index contributed by atoms with van der Waals surface area (Å²) in [6.07, 6.45) is 3.08. The summed E-state index contributed by atoms with van der Waals surface area (Å²) in [5.74, 6) is 1.15. The number of primary amides is 1. The highest BCUT2D eigenvalue weighted by Gasteiger charge is 2.26. The predicted molar refractivity (Wildman–Crippen MR) is 107 cm³/mol. The minimum absolute atomic E-state index is 0.0861. The SMILES string of the molecule is NC(=O)Cc1occc1C(=O)N1CCN(c2ccnc(-c3ccccc3)n2)CC1. The van der Waals surface area contributed by atoms with Crippen LogP contribution in [0.1, 0.15) is 16.1 Å². The molecule has 1 aliphatic heterocycles. The second kappa shape index (κ2) is 8.14. The van der Waals surface area contributed by atoms with Gasteiger partial charge in [0.1, 0.15) is 11.6 Å². The van der Waals surface area contributed by atoms with E-state index in [1.54, 1.807) is 17.2 Å². The Morgan fingerprint density at radius 3 is 2.52 bits per heavy atom. The molecule has 2 N–H and O–H groups in total. The van der Waals surface area contributed by atoms with Gasteiger partial charge in [0.25, 0.3) is 5.91 Å². The van der Waals surface area contributed by atoms with Crippen LogP contribution in [-0.2, 0) is 11.2 Å². The first kappa shape index (κ1) is 18.7. The fraction of sp³-hybridized carbons (Fsp3) is 0.238. The Morgan fingerprint density at radius 2 is 1.79 bits per heavy atom. The van der Waals surface area contributed by atoms with Crippen molar-refractivity contribution in [2.75, 3.05) is 31.1 Å². The van der Waals surface area contributed by atoms with E-state index in [4.69, 9.17) is 10.2 Å². The van der Waals surface area contributed by atoms with Crippen LogP contribution in [0.2, 0.25) is 0 Å². The zero-order valence-electron chi connectivity index (χ0n) is 15.8. The van der Waals surface area contributed by atoms with Gasteiger partial charge in [-0.05, 0) is 12.1 Å². The highest BCUT2D eigenvalue weighted by atomic mass is 16.3. The number of rotatable bonds is 5. The second-order valence-electron chi connectivity index (χ2n) is 6.78. The maximum absolute atomic E-state index is 12.8. The third-order valence-electron chi connectivity index (χ3n) is 4.87. The number of amides is 2. The van der Waals surface area contributed by atoms with Crippen LogP contribution in [0.4, 0.5) is 5.82 Å². The Balaban J connectivity index is 1.43. The van der Waals surface area contributed by atoms with Gasteiger partial charge in [0.2, 0.25) is 5.91 Å². The van der Waals surface area contributed by atoms with Crippen molar-refractivity contribution in [2.45, 2.75) is 6.42 Å². The molecule has 3 aromatic rings. The molecule has 8 heteroatoms. The summed E-state index contributed by atoms with van der Waals surface area (Å²) >= 11 is 0. The van der Waals surface area contributed by atoms with Gasteiger partial charge in [-0.1, -0.05) is 30.3 Å². The van der Waals surface area contributed by atoms with Gasteiger partial charge in [0.15, 0.2) is 5.82 Å². The molecular formula is C21H21N5O3. The zero-order chi connectivity index (χ0) is 20.2. The van der Waals surface area contributed by atoms with E-state index in [0.29, 0.717) is 43.3 Å². The Kier molecular flexibility index (Phi) is 5.24. The fourth-order valence-corrected chi connectivity index (χ4v) is 3.39. The minimum atomic E-state index is -0.531. The van der Waals surface area contributed by atoms with Crippen LogP contribution in [0.3, 0.4) is 0 Å². The third kappa shape index (κ3) is 4.11. The molecule has 2 amide bonds. The Labute approximate surface area is 168 Å². The highest BCUT2D eigenvalue weighted by molar-refractivity contribution is 5.96. The lowest BCUT2D eigenvalue weighted by Gasteiger charge is -2.35. The summed E-state index contributed by atoms with van der Waals surface area (Å²) in [5.41, 5.74) is 6.58. The largest absolute Gasteiger partial charge is 0.468 e. The number of nitrogens with two attached hydrogens (primary N) is 1. The number of anilines is 1. The van der Waals surface area contributed by atoms with Crippen molar-refractivity contribution >= 4 is 17.6 Å². The molecule has 0 saturated carbocycles. The molecule has 3 heterocycles. The van der Waals surface area contributed by atoms with E-state index >= 15 is 0 Å². The van der Waals surface area contributed by atoms with Gasteiger partial charge in [0.05, 0.1) is 18.2 Å². The fourth-order valence-electron chi connectivity index (χ4n) is 3.39. The lowest BCUT2D eigenvalue weighted by Crippen LogP contribution is -2.49. The number of benzene rings is 1. The molecule has 2 aromatic heterocycles. The van der Waals surface area contributed by atoms with Crippen LogP contribution >= 0.6 is 0 Å². The maximum Gasteiger partial charge on any atom is 0.257 e. The van der Waals surface area contributed by atoms with Crippen LogP contribution in [0.5, 0.6) is 0 Å². The van der Waals surface area contributed by atoms with Crippen molar-refractivity contribution in [1.29, 1.82) is 0 Å². The molecule has 1 saturated heterocycles. The predicted octanol–water partition coefficient (Wildman–Crippen LogP) is 1.73. The van der Waals surface area contributed by atoms with E-state index in [-0.39, 0.29) is 12.3 Å². The number of nitrogens with zero attached hydrogens (tertiary/aromatic N) is 4. The smallest absolute Gasteiger partial charge is 0.257 e. The maximum atomic E-state index is 12.8. The molecular weight excluding hydrogens is 370 g/mol. The average molecular weight is 391 g/mol. The molecule has 1 fully saturated rings. The standard InChI is InChI=1S/C21H21N5O3/c22-18(27)14-17-16(7-13-29-17)21(28)26-11-9-25(10-12-26)19-6-8-23-20(24-19)15-4-2-1-3-5-15/h1-8,13H,9-12,14H2,(H2,22,27). The first-order valence-corrected chi connectivity index (χ1v) is 9.39. The van der Waals surface area contributed by atoms with Gasteiger partial charge in [-0.3, -0.25) is 9.59 Å². The topological polar surface area (TPSA) is 106 Å². The number of hydrogen-bond donors (Lipinski definition) is 1. The molecule has 8 nitrogen and oxygen atoms in total. The molecule has 29 heavy (non-hydrogen) atoms. The van der Waals surface area contributed by atoms with Crippen LogP contribution in [-0.4, -0.2) is 52.9 Å². The quantitative estimate of drug-likeness (QED) is 0.710. The Morgan fingerprint density at radius 1 is 1.03 bits per heavy atom. The number of piperazine rings is 1. The summed E-state index contributed by atoms with van der Waals surface area (Å²) < 4.78 is 5.26. The number of furan rings is 1. The summed E-state index contributed by atoms with van der Waals surface area (Å²) in [6.45, 7) is 2.40. The van der Waals surface area contributed by atoms with E-state index < -0.39 is 5.91 Å². The highest BCUT2D eigenvalue weighted by Crippen LogP contribution is 2.20. The molecule has 148 valence electrons. The van der Waals surface area contributed by atoms with E-state index in [1.807, 2.05) is 36.4 Å². The lowest BCUT2D eigenvalue weighted by atomic mass is 10.1. The molecule has 0 bridgehead atoms. The van der Waals surface area contributed by atoms with Crippen molar-refractivity contribution in [1.82, 2.24) is 14.9 Å². The average Bonchev–Trinajstić information content (AvgIpc) is 3.21. The van der Waals surface area contributed by atoms with Crippen molar-refractivity contribution in [3.8, 4) is 11.4 Å². The molecule has 1 aliphatic rings. The molecule has 1 aromatic carbocycles. The normalized spacial score (nSPS) is 14.1. The van der Waals surface area contributed by atoms with Crippen molar-refractivity contribution in [3.63, 3.8) is 0 Å². The summed E-state index contributed by atoms with van der Waals surface area (Å²) in [6, 6.07) is 13.3. The second-order valence-corrected chi connectivity index (χ2v) is 6.78. The van der Waals surface area contributed by atoms with Crippen molar-refractivity contribution < 1.29 is 14.0 Å². The summed E-state index contributed by atoms with van der Waals surface area (Å²) in [7, 11) is 0. The number of aromatic nitrogens is 2. The minimum Gasteiger partial charge on any atom is -0.468 e. The van der Waals surface area contributed by atoms with E-state index in [2.05, 4.69) is 14.9 Å². The van der Waals surface area contributed by atoms with Crippen molar-refractivity contribution in [2.24, 2.45) is 5.73 Å². The van der Waals surface area contributed by atoms with Gasteiger partial charge >= 0.3 is 0 Å². The van der Waals surface area contributed by atoms with Gasteiger partial charge in [-0.25, -0.2) is 9.97 Å². The Bertz CT molecular complexity index is 1010. The van der Waals surface area contributed by atoms with Crippen molar-refractivity contribution in [3.05, 3.63) is 66.2 Å². The van der Waals surface area contributed by atoms with Crippen LogP contribution in [0.15, 0.2) is 59.3 Å². The number of carbonyl (C=O) groups excluding carboxylic acids is 2. The van der Waals surface area contributed by atoms with E-state index in [1.165, 1.54) is 6.26 Å². The molecule has 0 atom stereocenters. The third-order valence-corrected chi connectivity index (χ3v) is 4.87. The molecule has 0 radical (unpaired) electrons. The number of hydrogen-bond acceptors (Lipinski definition) is 6. The zero-order valence-corrected chi connectivity index (χ0v) is 15.8. The Hall–Kier alpha value is -3.68. The molecule has 4 rings (SSSR count). The van der Waals surface area contributed by atoms with Gasteiger partial charge in [0, 0.05) is 37.9 Å². The lowest BCUT2D eigenvalue weighted by molar-refractivity contribution is -0.117. The molecule has 0 aliphatic carbocycles. The van der Waals surface area contributed by atoms with E-state index in [9.17, 15) is 9.59 Å².